The van der Waals surface area contributed by atoms with E-state index >= 15 is 0 Å². The number of hydrogen-bond donors (Lipinski definition) is 1. The van der Waals surface area contributed by atoms with Gasteiger partial charge in [0.15, 0.2) is 0 Å². The number of likely N-dealkylation sites (tertiary alicyclic amines) is 1. The van der Waals surface area contributed by atoms with Crippen LogP contribution in [0.15, 0.2) is 30.3 Å². The maximum atomic E-state index is 3.58. The summed E-state index contributed by atoms with van der Waals surface area (Å²) in [5.74, 6) is 0. The van der Waals surface area contributed by atoms with E-state index in [9.17, 15) is 0 Å². The molecular weight excluding hydrogens is 196 g/mol. The third-order valence-corrected chi connectivity index (χ3v) is 3.55. The summed E-state index contributed by atoms with van der Waals surface area (Å²) in [6, 6.07) is 12.1. The van der Waals surface area contributed by atoms with Crippen molar-refractivity contribution in [3.8, 4) is 0 Å². The first kappa shape index (κ1) is 11.6. The zero-order valence-electron chi connectivity index (χ0n) is 10.3. The second kappa shape index (κ2) is 5.46. The van der Waals surface area contributed by atoms with Gasteiger partial charge in [-0.1, -0.05) is 37.3 Å². The van der Waals surface area contributed by atoms with Crippen LogP contribution in [0.2, 0.25) is 0 Å². The molecule has 2 heteroatoms. The molecule has 1 heterocycles. The Kier molecular flexibility index (Phi) is 3.97. The van der Waals surface area contributed by atoms with Gasteiger partial charge in [-0.2, -0.15) is 0 Å². The van der Waals surface area contributed by atoms with Crippen molar-refractivity contribution in [2.45, 2.75) is 31.8 Å². The molecule has 2 nitrogen and oxygen atoms in total. The van der Waals surface area contributed by atoms with Gasteiger partial charge in [-0.3, -0.25) is 4.90 Å². The smallest absolute Gasteiger partial charge is 0.0359 e. The Morgan fingerprint density at radius 2 is 2.06 bits per heavy atom. The van der Waals surface area contributed by atoms with Crippen molar-refractivity contribution >= 4 is 0 Å². The standard InChI is InChI=1S/C14H22N2/c1-3-15-13-9-10-16(2)14(11-13)12-7-5-4-6-8-12/h4-8,13-15H,3,9-11H2,1-2H3. The second-order valence-corrected chi connectivity index (χ2v) is 4.69. The topological polar surface area (TPSA) is 15.3 Å². The van der Waals surface area contributed by atoms with E-state index < -0.39 is 0 Å². The monoisotopic (exact) mass is 218 g/mol. The molecule has 16 heavy (non-hydrogen) atoms. The Morgan fingerprint density at radius 1 is 1.31 bits per heavy atom. The summed E-state index contributed by atoms with van der Waals surface area (Å²) in [5, 5.41) is 3.58. The maximum absolute atomic E-state index is 3.58. The average Bonchev–Trinajstić information content (AvgIpc) is 2.33. The highest BCUT2D eigenvalue weighted by molar-refractivity contribution is 5.19. The van der Waals surface area contributed by atoms with Gasteiger partial charge in [0.1, 0.15) is 0 Å². The summed E-state index contributed by atoms with van der Waals surface area (Å²) in [6.07, 6.45) is 2.50. The SMILES string of the molecule is CCNC1CCN(C)C(c2ccccc2)C1. The minimum Gasteiger partial charge on any atom is -0.314 e. The fourth-order valence-corrected chi connectivity index (χ4v) is 2.62. The van der Waals surface area contributed by atoms with Gasteiger partial charge < -0.3 is 5.32 Å². The van der Waals surface area contributed by atoms with Crippen molar-refractivity contribution in [3.63, 3.8) is 0 Å². The number of nitrogens with zero attached hydrogens (tertiary/aromatic N) is 1. The number of piperidine rings is 1. The van der Waals surface area contributed by atoms with E-state index in [0.29, 0.717) is 12.1 Å². The molecule has 0 radical (unpaired) electrons. The van der Waals surface area contributed by atoms with Crippen LogP contribution in [0.3, 0.4) is 0 Å². The molecule has 0 amide bonds. The molecule has 1 aliphatic rings. The fourth-order valence-electron chi connectivity index (χ4n) is 2.62. The van der Waals surface area contributed by atoms with Gasteiger partial charge in [0, 0.05) is 12.1 Å². The molecule has 1 aromatic carbocycles. The second-order valence-electron chi connectivity index (χ2n) is 4.69. The molecule has 2 unspecified atom stereocenters. The number of benzene rings is 1. The highest BCUT2D eigenvalue weighted by Gasteiger charge is 2.26. The third-order valence-electron chi connectivity index (χ3n) is 3.55. The molecule has 0 aliphatic carbocycles. The van der Waals surface area contributed by atoms with E-state index in [2.05, 4.69) is 54.5 Å². The van der Waals surface area contributed by atoms with Gasteiger partial charge in [0.2, 0.25) is 0 Å². The molecule has 0 bridgehead atoms. The summed E-state index contributed by atoms with van der Waals surface area (Å²) in [4.78, 5) is 2.48. The summed E-state index contributed by atoms with van der Waals surface area (Å²) in [7, 11) is 2.24. The third kappa shape index (κ3) is 2.63. The van der Waals surface area contributed by atoms with Crippen molar-refractivity contribution in [2.24, 2.45) is 0 Å². The Labute approximate surface area is 98.7 Å². The molecular formula is C14H22N2. The van der Waals surface area contributed by atoms with Crippen molar-refractivity contribution in [3.05, 3.63) is 35.9 Å². The normalized spacial score (nSPS) is 26.9. The van der Waals surface area contributed by atoms with Gasteiger partial charge in [-0.25, -0.2) is 0 Å². The van der Waals surface area contributed by atoms with Crippen LogP contribution < -0.4 is 5.32 Å². The Bertz CT molecular complexity index is 310. The number of hydrogen-bond acceptors (Lipinski definition) is 2. The van der Waals surface area contributed by atoms with Crippen LogP contribution in [0, 0.1) is 0 Å². The van der Waals surface area contributed by atoms with E-state index in [-0.39, 0.29) is 0 Å². The summed E-state index contributed by atoms with van der Waals surface area (Å²) in [6.45, 7) is 4.46. The largest absolute Gasteiger partial charge is 0.314 e. The van der Waals surface area contributed by atoms with Crippen LogP contribution in [0.4, 0.5) is 0 Å². The number of nitrogens with one attached hydrogen (secondary N) is 1. The molecule has 1 N–H and O–H groups in total. The molecule has 1 aromatic rings. The van der Waals surface area contributed by atoms with Crippen molar-refractivity contribution < 1.29 is 0 Å². The molecule has 0 aromatic heterocycles. The average molecular weight is 218 g/mol. The first-order valence-electron chi connectivity index (χ1n) is 6.30. The van der Waals surface area contributed by atoms with Crippen LogP contribution in [0.25, 0.3) is 0 Å². The van der Waals surface area contributed by atoms with Crippen molar-refractivity contribution in [2.75, 3.05) is 20.1 Å². The van der Waals surface area contributed by atoms with Gasteiger partial charge in [-0.15, -0.1) is 0 Å². The molecule has 0 spiro atoms. The van der Waals surface area contributed by atoms with Gasteiger partial charge in [0.05, 0.1) is 0 Å². The highest BCUT2D eigenvalue weighted by atomic mass is 15.1. The van der Waals surface area contributed by atoms with E-state index in [1.54, 1.807) is 0 Å². The van der Waals surface area contributed by atoms with E-state index in [1.807, 2.05) is 0 Å². The van der Waals surface area contributed by atoms with E-state index in [0.717, 1.165) is 6.54 Å². The quantitative estimate of drug-likeness (QED) is 0.838. The summed E-state index contributed by atoms with van der Waals surface area (Å²) >= 11 is 0. The molecule has 2 atom stereocenters. The van der Waals surface area contributed by atoms with Crippen LogP contribution in [-0.2, 0) is 0 Å². The lowest BCUT2D eigenvalue weighted by atomic mass is 9.92. The summed E-state index contributed by atoms with van der Waals surface area (Å²) in [5.41, 5.74) is 1.45. The van der Waals surface area contributed by atoms with Crippen molar-refractivity contribution in [1.82, 2.24) is 10.2 Å². The highest BCUT2D eigenvalue weighted by Crippen LogP contribution is 2.29. The summed E-state index contributed by atoms with van der Waals surface area (Å²) < 4.78 is 0. The van der Waals surface area contributed by atoms with Crippen molar-refractivity contribution in [1.29, 1.82) is 0 Å². The Balaban J connectivity index is 2.07. The Morgan fingerprint density at radius 3 is 2.75 bits per heavy atom. The van der Waals surface area contributed by atoms with Gasteiger partial charge in [-0.05, 0) is 38.5 Å². The number of rotatable bonds is 3. The molecule has 1 aliphatic heterocycles. The minimum absolute atomic E-state index is 0.582. The zero-order chi connectivity index (χ0) is 11.4. The predicted octanol–water partition coefficient (Wildman–Crippen LogP) is 2.43. The molecule has 1 fully saturated rings. The maximum Gasteiger partial charge on any atom is 0.0359 e. The van der Waals surface area contributed by atoms with Crippen LogP contribution in [-0.4, -0.2) is 31.1 Å². The van der Waals surface area contributed by atoms with E-state index in [1.165, 1.54) is 24.9 Å². The lowest BCUT2D eigenvalue weighted by Gasteiger charge is -2.37. The fraction of sp³-hybridized carbons (Fsp3) is 0.571. The van der Waals surface area contributed by atoms with Gasteiger partial charge >= 0.3 is 0 Å². The van der Waals surface area contributed by atoms with Crippen LogP contribution >= 0.6 is 0 Å². The lowest BCUT2D eigenvalue weighted by Crippen LogP contribution is -2.42. The molecule has 88 valence electrons. The predicted molar refractivity (Wildman–Crippen MR) is 68.5 cm³/mol. The van der Waals surface area contributed by atoms with Crippen LogP contribution in [0.1, 0.15) is 31.4 Å². The van der Waals surface area contributed by atoms with Gasteiger partial charge in [0.25, 0.3) is 0 Å². The van der Waals surface area contributed by atoms with E-state index in [4.69, 9.17) is 0 Å². The first-order valence-corrected chi connectivity index (χ1v) is 6.30. The first-order chi connectivity index (χ1) is 7.81. The molecule has 0 saturated carbocycles. The lowest BCUT2D eigenvalue weighted by molar-refractivity contribution is 0.158. The minimum atomic E-state index is 0.582. The molecule has 2 rings (SSSR count). The Hall–Kier alpha value is -0.860. The zero-order valence-corrected chi connectivity index (χ0v) is 10.3. The molecule has 1 saturated heterocycles. The van der Waals surface area contributed by atoms with Crippen LogP contribution in [0.5, 0.6) is 0 Å².